The van der Waals surface area contributed by atoms with Crippen molar-refractivity contribution in [1.82, 2.24) is 39.9 Å². The fourth-order valence-corrected chi connectivity index (χ4v) is 17.5. The molecule has 12 heteroatoms. The van der Waals surface area contributed by atoms with Gasteiger partial charge in [-0.3, -0.25) is 0 Å². The number of benzene rings is 1. The van der Waals surface area contributed by atoms with Gasteiger partial charge in [-0.05, 0) is 244 Å². The molecule has 0 unspecified atom stereocenters. The minimum Gasteiger partial charge on any atom is -0.657 e. The second kappa shape index (κ2) is 35.1. The van der Waals surface area contributed by atoms with E-state index in [2.05, 4.69) is 236 Å². The zero-order chi connectivity index (χ0) is 70.3. The predicted octanol–water partition coefficient (Wildman–Crippen LogP) is 25.2. The van der Waals surface area contributed by atoms with Crippen molar-refractivity contribution >= 4 is 119 Å². The standard InChI is InChI=1S/C89H107BrN8O.2Ni/c1-18-52(19-2)79-65-34-36-67(91-65)81(54(22-5)23-6)71-42-44-75(95-71)85(58(30-13)31-14)87-60(50-77(97-87)83(56(26-9)27-10)73-40-38-69(79)93-73)46-62-48-64(90)49-63(89(62)99-17)47-61-51-78-84(57(28-11)29-12)74-41-39-70(94-74)80(53(20-3)21-4)66-35-37-68(92-66)82(55(24-7)25-8)72-43-45-76(96-72)86(88(61)98-78)59(32-15)33-16;;/h30,32,34-45,48-57H,18-29,31,33,46-47H2,1-17H3;;/q-4;2*+2/b58-30+,59-32+,79-65?,79-69?,80-66?,80-70?,81-67?,81-71?,82-68?,82-72?,83-73?,83-77?,84-74?,84-78?,85-75?,86-76?,87-85?,88-86?;;. The van der Waals surface area contributed by atoms with Crippen LogP contribution in [0.1, 0.15) is 337 Å². The third-order valence-corrected chi connectivity index (χ3v) is 22.9. The maximum absolute atomic E-state index is 6.88. The number of ether oxygens (including phenoxy) is 1. The van der Waals surface area contributed by atoms with E-state index >= 15 is 0 Å². The van der Waals surface area contributed by atoms with E-state index in [4.69, 9.17) is 44.6 Å². The normalized spacial score (nSPS) is 13.2. The maximum Gasteiger partial charge on any atom is 2.00 e. The van der Waals surface area contributed by atoms with Gasteiger partial charge in [-0.15, -0.1) is 44.1 Å². The Hall–Kier alpha value is -6.83. The van der Waals surface area contributed by atoms with E-state index in [1.807, 2.05) is 7.11 Å². The molecule has 101 heavy (non-hydrogen) atoms. The van der Waals surface area contributed by atoms with Gasteiger partial charge in [0.15, 0.2) is 0 Å². The number of nitrogens with zero attached hydrogens (tertiary/aromatic N) is 8. The van der Waals surface area contributed by atoms with Gasteiger partial charge >= 0.3 is 33.0 Å². The molecule has 4 aliphatic heterocycles. The third-order valence-electron chi connectivity index (χ3n) is 22.5. The third kappa shape index (κ3) is 15.3. The average Bonchev–Trinajstić information content (AvgIpc) is 1.62. The van der Waals surface area contributed by atoms with Crippen LogP contribution in [0.5, 0.6) is 5.75 Å². The molecule has 0 fully saturated rings. The van der Waals surface area contributed by atoms with E-state index in [-0.39, 0.29) is 68.5 Å². The van der Waals surface area contributed by atoms with Crippen LogP contribution in [0.15, 0.2) is 77.3 Å². The van der Waals surface area contributed by atoms with Gasteiger partial charge in [0, 0.05) is 28.4 Å². The summed E-state index contributed by atoms with van der Waals surface area (Å²) in [6.07, 6.45) is 32.6. The van der Waals surface area contributed by atoms with Crippen LogP contribution in [0.3, 0.4) is 0 Å². The fraction of sp³-hybridized carbons (Fsp3) is 0.438. The minimum atomic E-state index is 0. The Kier molecular flexibility index (Phi) is 27.2. The molecular formula is C89H107BrN8Ni2O. The van der Waals surface area contributed by atoms with Gasteiger partial charge in [0.25, 0.3) is 0 Å². The predicted molar refractivity (Wildman–Crippen MR) is 427 cm³/mol. The Labute approximate surface area is 632 Å². The first-order valence-corrected chi connectivity index (χ1v) is 38.8. The topological polar surface area (TPSA) is 117 Å². The number of hydrogen-bond acceptors (Lipinski definition) is 5. The largest absolute Gasteiger partial charge is 2.00 e. The van der Waals surface area contributed by atoms with Crippen molar-refractivity contribution in [3.63, 3.8) is 0 Å². The van der Waals surface area contributed by atoms with E-state index in [9.17, 15) is 0 Å². The van der Waals surface area contributed by atoms with E-state index in [1.165, 1.54) is 44.5 Å². The molecule has 10 heterocycles. The SMILES string of the molecule is C/C=C(\CC)c1c2nc(c(C(CC)CC)c3ccc([n-]3)c(C(CC)CC)c3ccc([n-]3)c(C(CC)CC)c3nc1C(Cc1cc(Br)cc(CC4=Cc5nc4c(/C(=C/C)CC)c4nc(c(C(CC)CC)c6ccc([n-]6)c(C(CC)CC)c6ccc([n-]6)c5C(CC)CC)C=C4)c1OC)=C3)C=C2.[Ni+2].[Ni+2]. The van der Waals surface area contributed by atoms with Gasteiger partial charge in [0.2, 0.25) is 0 Å². The molecule has 0 atom stereocenters. The molecule has 16 bridgehead atoms. The molecule has 0 saturated heterocycles. The number of hydrogen-bond donors (Lipinski definition) is 0. The summed E-state index contributed by atoms with van der Waals surface area (Å²) in [6.45, 7) is 36.5. The van der Waals surface area contributed by atoms with Crippen molar-refractivity contribution in [1.29, 1.82) is 0 Å². The van der Waals surface area contributed by atoms with Gasteiger partial charge in [-0.2, -0.15) is 0 Å². The summed E-state index contributed by atoms with van der Waals surface area (Å²) in [5, 5.41) is 0. The van der Waals surface area contributed by atoms with Crippen LogP contribution in [0.25, 0.3) is 103 Å². The average molecular weight is 1500 g/mol. The van der Waals surface area contributed by atoms with Crippen LogP contribution in [0.2, 0.25) is 0 Å². The van der Waals surface area contributed by atoms with E-state index in [0.29, 0.717) is 12.8 Å². The van der Waals surface area contributed by atoms with Crippen LogP contribution in [0, 0.1) is 0 Å². The zero-order valence-corrected chi connectivity index (χ0v) is 66.7. The number of aromatic nitrogens is 8. The Morgan fingerprint density at radius 2 is 0.634 bits per heavy atom. The second-order valence-electron chi connectivity index (χ2n) is 27.6. The number of fused-ring (bicyclic) bond motifs is 16. The molecule has 6 aromatic heterocycles. The molecule has 0 aliphatic carbocycles. The molecule has 7 aromatic rings. The van der Waals surface area contributed by atoms with Crippen molar-refractivity contribution in [2.45, 2.75) is 249 Å². The molecule has 0 amide bonds. The molecule has 0 radical (unpaired) electrons. The Balaban J connectivity index is 0.00000594. The van der Waals surface area contributed by atoms with E-state index in [0.717, 1.165) is 223 Å². The summed E-state index contributed by atoms with van der Waals surface area (Å²) in [5.41, 5.74) is 31.7. The number of allylic oxidation sites excluding steroid dienone is 6. The van der Waals surface area contributed by atoms with Crippen molar-refractivity contribution < 1.29 is 37.7 Å². The molecule has 4 aliphatic rings. The minimum absolute atomic E-state index is 0. The van der Waals surface area contributed by atoms with Gasteiger partial charge in [0.1, 0.15) is 5.75 Å². The molecule has 0 N–H and O–H groups in total. The first kappa shape index (κ1) is 78.3. The Bertz CT molecular complexity index is 4400. The Morgan fingerprint density at radius 1 is 0.376 bits per heavy atom. The zero-order valence-electron chi connectivity index (χ0n) is 63.2. The number of halogens is 1. The van der Waals surface area contributed by atoms with Gasteiger partial charge < -0.3 is 24.7 Å². The summed E-state index contributed by atoms with van der Waals surface area (Å²) < 4.78 is 7.85. The summed E-state index contributed by atoms with van der Waals surface area (Å²) in [7, 11) is 1.84. The maximum atomic E-state index is 6.88. The summed E-state index contributed by atoms with van der Waals surface area (Å²) >= 11 is 4.15. The first-order valence-electron chi connectivity index (χ1n) is 38.0. The first-order chi connectivity index (χ1) is 48.2. The van der Waals surface area contributed by atoms with Crippen LogP contribution < -0.4 is 24.7 Å². The van der Waals surface area contributed by atoms with Gasteiger partial charge in [-0.1, -0.05) is 185 Å². The molecule has 11 rings (SSSR count). The molecule has 0 saturated carbocycles. The molecule has 1 aromatic carbocycles. The molecular weight excluding hydrogens is 1390 g/mol. The van der Waals surface area contributed by atoms with E-state index in [1.54, 1.807) is 0 Å². The Morgan fingerprint density at radius 3 is 0.891 bits per heavy atom. The molecule has 0 spiro atoms. The number of methoxy groups -OCH3 is 1. The summed E-state index contributed by atoms with van der Waals surface area (Å²) in [4.78, 5) is 46.1. The molecule has 536 valence electrons. The molecule has 9 nitrogen and oxygen atoms in total. The van der Waals surface area contributed by atoms with Gasteiger partial charge in [0.05, 0.1) is 52.7 Å². The smallest absolute Gasteiger partial charge is 0.657 e. The van der Waals surface area contributed by atoms with Crippen molar-refractivity contribution in [2.75, 3.05) is 7.11 Å². The summed E-state index contributed by atoms with van der Waals surface area (Å²) in [5.74, 6) is 2.34. The van der Waals surface area contributed by atoms with Crippen LogP contribution in [0.4, 0.5) is 0 Å². The van der Waals surface area contributed by atoms with Crippen LogP contribution in [-0.2, 0) is 45.8 Å². The van der Waals surface area contributed by atoms with E-state index < -0.39 is 0 Å². The summed E-state index contributed by atoms with van der Waals surface area (Å²) in [6, 6.07) is 22.6. The van der Waals surface area contributed by atoms with Crippen LogP contribution in [-0.4, -0.2) is 27.0 Å². The van der Waals surface area contributed by atoms with Crippen molar-refractivity contribution in [3.8, 4) is 5.75 Å². The monoisotopic (exact) mass is 1500 g/mol. The van der Waals surface area contributed by atoms with Crippen molar-refractivity contribution in [2.24, 2.45) is 0 Å². The van der Waals surface area contributed by atoms with Crippen molar-refractivity contribution in [3.05, 3.63) is 178 Å². The van der Waals surface area contributed by atoms with Gasteiger partial charge in [-0.25, -0.2) is 19.9 Å². The van der Waals surface area contributed by atoms with Crippen LogP contribution >= 0.6 is 15.9 Å². The second-order valence-corrected chi connectivity index (χ2v) is 28.5. The number of rotatable bonds is 27. The quantitative estimate of drug-likeness (QED) is 0.0464. The fourth-order valence-electron chi connectivity index (χ4n) is 16.9.